The molecule has 1 saturated heterocycles. The fraction of sp³-hybridized carbons (Fsp3) is 0.290. The van der Waals surface area contributed by atoms with E-state index in [1.807, 2.05) is 54.6 Å². The molecule has 0 amide bonds. The molecule has 0 aromatic heterocycles. The van der Waals surface area contributed by atoms with Gasteiger partial charge in [0.25, 0.3) is 0 Å². The Morgan fingerprint density at radius 1 is 0.730 bits per heavy atom. The minimum atomic E-state index is -0.641. The van der Waals surface area contributed by atoms with Gasteiger partial charge in [0, 0.05) is 23.6 Å². The summed E-state index contributed by atoms with van der Waals surface area (Å²) < 4.78 is 45.8. The molecule has 4 aromatic rings. The molecule has 0 aliphatic carbocycles. The van der Waals surface area contributed by atoms with Crippen LogP contribution in [0.25, 0.3) is 21.9 Å². The topological polar surface area (TPSA) is 30.9 Å². The second-order valence-corrected chi connectivity index (χ2v) is 9.37. The van der Waals surface area contributed by atoms with Crippen LogP contribution >= 0.6 is 0 Å². The van der Waals surface area contributed by atoms with Gasteiger partial charge in [-0.05, 0) is 97.5 Å². The van der Waals surface area contributed by atoms with Crippen molar-refractivity contribution in [3.8, 4) is 34.1 Å². The van der Waals surface area contributed by atoms with E-state index in [2.05, 4.69) is 4.90 Å². The second-order valence-electron chi connectivity index (χ2n) is 9.37. The largest absolute Gasteiger partial charge is 0.497 e. The normalized spacial score (nSPS) is 14.4. The first-order chi connectivity index (χ1) is 18.1. The molecule has 4 nitrogen and oxygen atoms in total. The molecule has 4 aromatic carbocycles. The minimum Gasteiger partial charge on any atom is -0.497 e. The van der Waals surface area contributed by atoms with Crippen molar-refractivity contribution in [3.05, 3.63) is 84.4 Å². The fourth-order valence-corrected chi connectivity index (χ4v) is 4.83. The molecule has 6 heteroatoms. The van der Waals surface area contributed by atoms with Crippen LogP contribution in [0.1, 0.15) is 25.7 Å². The van der Waals surface area contributed by atoms with E-state index in [-0.39, 0.29) is 0 Å². The van der Waals surface area contributed by atoms with Crippen LogP contribution in [0.3, 0.4) is 0 Å². The summed E-state index contributed by atoms with van der Waals surface area (Å²) in [4.78, 5) is 2.47. The van der Waals surface area contributed by atoms with Crippen molar-refractivity contribution in [2.75, 3.05) is 33.4 Å². The summed E-state index contributed by atoms with van der Waals surface area (Å²) in [7, 11) is 1.61. The van der Waals surface area contributed by atoms with E-state index in [1.165, 1.54) is 37.8 Å². The van der Waals surface area contributed by atoms with Crippen molar-refractivity contribution in [1.82, 2.24) is 4.90 Å². The first kappa shape index (κ1) is 25.0. The lowest BCUT2D eigenvalue weighted by Gasteiger charge is -2.19. The molecule has 1 aliphatic rings. The number of halogens is 2. The molecule has 1 fully saturated rings. The molecule has 192 valence electrons. The number of hydrogen-bond acceptors (Lipinski definition) is 4. The van der Waals surface area contributed by atoms with Gasteiger partial charge in [-0.2, -0.15) is 0 Å². The van der Waals surface area contributed by atoms with Crippen molar-refractivity contribution in [2.45, 2.75) is 25.7 Å². The number of hydrogen-bond donors (Lipinski definition) is 0. The second kappa shape index (κ2) is 11.6. The molecule has 0 atom stereocenters. The predicted molar refractivity (Wildman–Crippen MR) is 143 cm³/mol. The average Bonchev–Trinajstić information content (AvgIpc) is 3.18. The van der Waals surface area contributed by atoms with Gasteiger partial charge in [0.2, 0.25) is 0 Å². The van der Waals surface area contributed by atoms with E-state index < -0.39 is 11.6 Å². The Kier molecular flexibility index (Phi) is 7.85. The molecule has 37 heavy (non-hydrogen) atoms. The van der Waals surface area contributed by atoms with Gasteiger partial charge >= 0.3 is 0 Å². The molecule has 1 heterocycles. The van der Waals surface area contributed by atoms with Gasteiger partial charge in [0.1, 0.15) is 41.2 Å². The third-order valence-corrected chi connectivity index (χ3v) is 6.77. The van der Waals surface area contributed by atoms with Gasteiger partial charge in [0.05, 0.1) is 7.11 Å². The average molecular weight is 504 g/mol. The third kappa shape index (κ3) is 6.20. The van der Waals surface area contributed by atoms with E-state index >= 15 is 0 Å². The molecule has 1 aliphatic heterocycles. The van der Waals surface area contributed by atoms with Gasteiger partial charge in [-0.1, -0.05) is 18.9 Å². The quantitative estimate of drug-likeness (QED) is 0.245. The highest BCUT2D eigenvalue weighted by Crippen LogP contribution is 2.41. The lowest BCUT2D eigenvalue weighted by Crippen LogP contribution is -2.29. The molecule has 5 rings (SSSR count). The van der Waals surface area contributed by atoms with Crippen LogP contribution in [0.5, 0.6) is 23.0 Å². The SMILES string of the molecule is COc1ccc2c(Oc3ccc(OCCN4CCCCCC4)cc3)c(-c3cc(F)cc(F)c3)ccc2c1. The zero-order chi connectivity index (χ0) is 25.6. The van der Waals surface area contributed by atoms with Crippen LogP contribution in [-0.4, -0.2) is 38.3 Å². The van der Waals surface area contributed by atoms with E-state index in [4.69, 9.17) is 14.2 Å². The monoisotopic (exact) mass is 503 g/mol. The van der Waals surface area contributed by atoms with Crippen molar-refractivity contribution in [3.63, 3.8) is 0 Å². The van der Waals surface area contributed by atoms with Gasteiger partial charge in [0.15, 0.2) is 0 Å². The Bertz CT molecular complexity index is 1330. The van der Waals surface area contributed by atoms with Crippen molar-refractivity contribution >= 4 is 10.8 Å². The zero-order valence-corrected chi connectivity index (χ0v) is 21.0. The predicted octanol–water partition coefficient (Wildman–Crippen LogP) is 7.84. The number of nitrogens with zero attached hydrogens (tertiary/aromatic N) is 1. The Hall–Kier alpha value is -3.64. The molecule has 0 radical (unpaired) electrons. The number of benzene rings is 4. The molecular weight excluding hydrogens is 472 g/mol. The number of methoxy groups -OCH3 is 1. The first-order valence-corrected chi connectivity index (χ1v) is 12.8. The Balaban J connectivity index is 1.38. The lowest BCUT2D eigenvalue weighted by atomic mass is 9.99. The van der Waals surface area contributed by atoms with Crippen LogP contribution in [0.15, 0.2) is 72.8 Å². The highest BCUT2D eigenvalue weighted by molar-refractivity contribution is 5.96. The summed E-state index contributed by atoms with van der Waals surface area (Å²) in [6, 6.07) is 20.3. The maximum atomic E-state index is 14.1. The molecule has 0 N–H and O–H groups in total. The van der Waals surface area contributed by atoms with Gasteiger partial charge < -0.3 is 14.2 Å². The van der Waals surface area contributed by atoms with Gasteiger partial charge in [-0.3, -0.25) is 4.90 Å². The Morgan fingerprint density at radius 3 is 2.11 bits per heavy atom. The highest BCUT2D eigenvalue weighted by atomic mass is 19.1. The maximum absolute atomic E-state index is 14.1. The summed E-state index contributed by atoms with van der Waals surface area (Å²) in [5, 5.41) is 1.70. The van der Waals surface area contributed by atoms with Crippen LogP contribution in [0.4, 0.5) is 8.78 Å². The molecule has 0 saturated carbocycles. The zero-order valence-electron chi connectivity index (χ0n) is 21.0. The number of fused-ring (bicyclic) bond motifs is 1. The van der Waals surface area contributed by atoms with Crippen LogP contribution in [-0.2, 0) is 0 Å². The summed E-state index contributed by atoms with van der Waals surface area (Å²) in [5.41, 5.74) is 0.993. The van der Waals surface area contributed by atoms with E-state index in [1.54, 1.807) is 7.11 Å². The van der Waals surface area contributed by atoms with E-state index in [0.29, 0.717) is 35.0 Å². The number of likely N-dealkylation sites (tertiary alicyclic amines) is 1. The van der Waals surface area contributed by atoms with Crippen molar-refractivity contribution < 1.29 is 23.0 Å². The molecule has 0 unspecified atom stereocenters. The minimum absolute atomic E-state index is 0.402. The van der Waals surface area contributed by atoms with Crippen LogP contribution in [0.2, 0.25) is 0 Å². The van der Waals surface area contributed by atoms with Gasteiger partial charge in [-0.25, -0.2) is 8.78 Å². The first-order valence-electron chi connectivity index (χ1n) is 12.8. The molecular formula is C31H31F2NO3. The number of rotatable bonds is 8. The Labute approximate surface area is 216 Å². The summed E-state index contributed by atoms with van der Waals surface area (Å²) in [6.07, 6.45) is 5.16. The number of ether oxygens (including phenoxy) is 3. The van der Waals surface area contributed by atoms with Crippen LogP contribution in [0, 0.1) is 11.6 Å². The smallest absolute Gasteiger partial charge is 0.143 e. The van der Waals surface area contributed by atoms with E-state index in [9.17, 15) is 8.78 Å². The highest BCUT2D eigenvalue weighted by Gasteiger charge is 2.15. The van der Waals surface area contributed by atoms with Crippen molar-refractivity contribution in [1.29, 1.82) is 0 Å². The Morgan fingerprint density at radius 2 is 1.41 bits per heavy atom. The lowest BCUT2D eigenvalue weighted by molar-refractivity contribution is 0.214. The van der Waals surface area contributed by atoms with E-state index in [0.717, 1.165) is 42.2 Å². The van der Waals surface area contributed by atoms with Gasteiger partial charge in [-0.15, -0.1) is 0 Å². The fourth-order valence-electron chi connectivity index (χ4n) is 4.83. The van der Waals surface area contributed by atoms with Crippen molar-refractivity contribution in [2.24, 2.45) is 0 Å². The molecule has 0 spiro atoms. The molecule has 0 bridgehead atoms. The standard InChI is InChI=1S/C31H31F2NO3/c1-35-28-11-13-29-22(20-28)6-12-30(23-18-24(32)21-25(33)19-23)31(29)37-27-9-7-26(8-10-27)36-17-16-34-14-4-2-3-5-15-34/h6-13,18-21H,2-5,14-17H2,1H3. The summed E-state index contributed by atoms with van der Waals surface area (Å²) in [5.74, 6) is 1.32. The third-order valence-electron chi connectivity index (χ3n) is 6.77. The van der Waals surface area contributed by atoms with Crippen LogP contribution < -0.4 is 14.2 Å². The summed E-state index contributed by atoms with van der Waals surface area (Å²) >= 11 is 0. The summed E-state index contributed by atoms with van der Waals surface area (Å²) in [6.45, 7) is 3.85. The maximum Gasteiger partial charge on any atom is 0.143 e.